The fraction of sp³-hybridized carbons (Fsp3) is 0.889. The van der Waals surface area contributed by atoms with Crippen molar-refractivity contribution in [1.29, 1.82) is 0 Å². The largest absolute Gasteiger partial charge is 0.462 e. The molecule has 6 fully saturated rings. The van der Waals surface area contributed by atoms with Crippen LogP contribution in [-0.4, -0.2) is 60.4 Å². The number of carbonyl (C=O) groups excluding carboxylic acids is 2. The van der Waals surface area contributed by atoms with Gasteiger partial charge in [0.2, 0.25) is 0 Å². The van der Waals surface area contributed by atoms with Gasteiger partial charge in [-0.1, -0.05) is 168 Å². The van der Waals surface area contributed by atoms with Gasteiger partial charge in [0.05, 0.1) is 0 Å². The third-order valence-electron chi connectivity index (χ3n) is 24.7. The quantitative estimate of drug-likeness (QED) is 0.0439. The molecular formula is C72H121NO5. The molecule has 0 bridgehead atoms. The molecule has 0 heterocycles. The molecule has 444 valence electrons. The summed E-state index contributed by atoms with van der Waals surface area (Å²) >= 11 is 0. The van der Waals surface area contributed by atoms with Crippen LogP contribution in [0.4, 0.5) is 0 Å². The molecule has 8 aliphatic carbocycles. The minimum atomic E-state index is 0.000602. The molecule has 6 nitrogen and oxygen atoms in total. The van der Waals surface area contributed by atoms with E-state index in [4.69, 9.17) is 9.47 Å². The Kier molecular flexibility index (Phi) is 22.4. The smallest absolute Gasteiger partial charge is 0.306 e. The van der Waals surface area contributed by atoms with Crippen molar-refractivity contribution in [2.75, 3.05) is 26.2 Å². The molecule has 0 aromatic rings. The summed E-state index contributed by atoms with van der Waals surface area (Å²) < 4.78 is 12.5. The molecule has 6 saturated carbocycles. The van der Waals surface area contributed by atoms with E-state index >= 15 is 0 Å². The summed E-state index contributed by atoms with van der Waals surface area (Å²) in [7, 11) is 0. The van der Waals surface area contributed by atoms with Crippen LogP contribution in [0.25, 0.3) is 0 Å². The van der Waals surface area contributed by atoms with Gasteiger partial charge in [-0.15, -0.1) is 0 Å². The minimum Gasteiger partial charge on any atom is -0.462 e. The summed E-state index contributed by atoms with van der Waals surface area (Å²) in [6.07, 6.45) is 46.2. The molecule has 1 N–H and O–H groups in total. The van der Waals surface area contributed by atoms with Crippen molar-refractivity contribution < 1.29 is 24.2 Å². The Balaban J connectivity index is 0.682. The predicted octanol–water partition coefficient (Wildman–Crippen LogP) is 18.8. The Bertz CT molecular complexity index is 2020. The summed E-state index contributed by atoms with van der Waals surface area (Å²) in [5, 5.41) is 9.50. The first kappa shape index (κ1) is 62.1. The molecule has 0 aliphatic heterocycles. The molecule has 15 atom stereocenters. The van der Waals surface area contributed by atoms with Gasteiger partial charge in [-0.3, -0.25) is 9.59 Å². The lowest BCUT2D eigenvalue weighted by Crippen LogP contribution is -2.51. The van der Waals surface area contributed by atoms with Crippen LogP contribution in [0.5, 0.6) is 0 Å². The van der Waals surface area contributed by atoms with E-state index in [1.807, 2.05) is 0 Å². The highest BCUT2D eigenvalue weighted by atomic mass is 16.5. The number of aliphatic hydroxyl groups excluding tert-OH is 1. The maximum atomic E-state index is 13.2. The van der Waals surface area contributed by atoms with E-state index in [0.717, 1.165) is 175 Å². The molecule has 6 heteroatoms. The van der Waals surface area contributed by atoms with Crippen molar-refractivity contribution in [3.8, 4) is 0 Å². The Labute approximate surface area is 480 Å². The molecule has 0 amide bonds. The van der Waals surface area contributed by atoms with E-state index in [-0.39, 0.29) is 41.6 Å². The molecule has 0 radical (unpaired) electrons. The summed E-state index contributed by atoms with van der Waals surface area (Å²) in [6, 6.07) is 0. The van der Waals surface area contributed by atoms with Crippen LogP contribution in [0, 0.1) is 86.8 Å². The zero-order chi connectivity index (χ0) is 55.7. The fourth-order valence-electron chi connectivity index (χ4n) is 20.0. The maximum absolute atomic E-state index is 13.2. The number of nitrogens with zero attached hydrogens (tertiary/aromatic N) is 1. The molecule has 0 aromatic carbocycles. The van der Waals surface area contributed by atoms with Gasteiger partial charge in [-0.2, -0.15) is 0 Å². The van der Waals surface area contributed by atoms with Gasteiger partial charge in [0.1, 0.15) is 12.2 Å². The number of carbonyl (C=O) groups is 2. The van der Waals surface area contributed by atoms with Crippen molar-refractivity contribution >= 4 is 11.9 Å². The monoisotopic (exact) mass is 1080 g/mol. The third kappa shape index (κ3) is 14.5. The van der Waals surface area contributed by atoms with Gasteiger partial charge in [0.25, 0.3) is 0 Å². The van der Waals surface area contributed by atoms with Crippen LogP contribution in [0.2, 0.25) is 0 Å². The van der Waals surface area contributed by atoms with Crippen LogP contribution in [0.1, 0.15) is 281 Å². The predicted molar refractivity (Wildman–Crippen MR) is 325 cm³/mol. The molecule has 15 unspecified atom stereocenters. The van der Waals surface area contributed by atoms with Crippen LogP contribution in [-0.2, 0) is 19.1 Å². The molecule has 78 heavy (non-hydrogen) atoms. The van der Waals surface area contributed by atoms with Crippen LogP contribution >= 0.6 is 0 Å². The van der Waals surface area contributed by atoms with E-state index in [0.29, 0.717) is 29.6 Å². The highest BCUT2D eigenvalue weighted by Gasteiger charge is 2.60. The summed E-state index contributed by atoms with van der Waals surface area (Å²) in [5.41, 5.74) is 6.42. The fourth-order valence-corrected chi connectivity index (χ4v) is 20.0. The zero-order valence-electron chi connectivity index (χ0n) is 52.4. The first-order valence-electron chi connectivity index (χ1n) is 34.2. The first-order valence-corrected chi connectivity index (χ1v) is 34.2. The Morgan fingerprint density at radius 1 is 0.538 bits per heavy atom. The highest BCUT2D eigenvalue weighted by Crippen LogP contribution is 2.69. The number of fused-ring (bicyclic) bond motifs is 10. The van der Waals surface area contributed by atoms with Crippen molar-refractivity contribution in [1.82, 2.24) is 4.90 Å². The van der Waals surface area contributed by atoms with Crippen LogP contribution < -0.4 is 0 Å². The van der Waals surface area contributed by atoms with Crippen molar-refractivity contribution in [3.63, 3.8) is 0 Å². The number of hydrogen-bond donors (Lipinski definition) is 1. The van der Waals surface area contributed by atoms with E-state index < -0.39 is 0 Å². The number of rotatable bonds is 30. The molecule has 8 rings (SSSR count). The second kappa shape index (κ2) is 28.1. The molecule has 8 aliphatic rings. The topological polar surface area (TPSA) is 76.1 Å². The molecule has 0 spiro atoms. The van der Waals surface area contributed by atoms with Gasteiger partial charge in [-0.25, -0.2) is 0 Å². The number of esters is 2. The Hall–Kier alpha value is -1.92. The lowest BCUT2D eigenvalue weighted by molar-refractivity contribution is -0.152. The van der Waals surface area contributed by atoms with Gasteiger partial charge < -0.3 is 19.5 Å². The van der Waals surface area contributed by atoms with Gasteiger partial charge in [0.15, 0.2) is 0 Å². The Morgan fingerprint density at radius 3 is 1.68 bits per heavy atom. The Morgan fingerprint density at radius 2 is 1.08 bits per heavy atom. The van der Waals surface area contributed by atoms with Crippen molar-refractivity contribution in [3.05, 3.63) is 34.9 Å². The number of aliphatic hydroxyl groups is 1. The molecular weight excluding hydrogens is 959 g/mol. The number of ether oxygens (including phenoxy) is 2. The zero-order valence-corrected chi connectivity index (χ0v) is 52.4. The van der Waals surface area contributed by atoms with E-state index in [9.17, 15) is 14.7 Å². The van der Waals surface area contributed by atoms with Gasteiger partial charge >= 0.3 is 11.9 Å². The number of hydrogen-bond acceptors (Lipinski definition) is 6. The normalized spacial score (nSPS) is 35.9. The average Bonchev–Trinajstić information content (AvgIpc) is 4.13. The highest BCUT2D eigenvalue weighted by molar-refractivity contribution is 5.70. The number of allylic oxidation sites excluding steroid dienone is 4. The average molecular weight is 1080 g/mol. The maximum Gasteiger partial charge on any atom is 0.306 e. The lowest BCUT2D eigenvalue weighted by atomic mass is 9.47. The summed E-state index contributed by atoms with van der Waals surface area (Å²) in [4.78, 5) is 29.0. The summed E-state index contributed by atoms with van der Waals surface area (Å²) in [5.74, 6) is 9.01. The van der Waals surface area contributed by atoms with Crippen molar-refractivity contribution in [2.24, 2.45) is 86.8 Å². The van der Waals surface area contributed by atoms with E-state index in [1.165, 1.54) is 103 Å². The summed E-state index contributed by atoms with van der Waals surface area (Å²) in [6.45, 7) is 28.6. The van der Waals surface area contributed by atoms with Gasteiger partial charge in [-0.05, 0) is 228 Å². The first-order chi connectivity index (χ1) is 37.4. The second-order valence-electron chi connectivity index (χ2n) is 30.5. The van der Waals surface area contributed by atoms with Crippen molar-refractivity contribution in [2.45, 2.75) is 293 Å². The minimum absolute atomic E-state index is 0.000602. The standard InChI is InChI=1S/C72H121NO5/c1-51(2)23-21-25-53(5)61-33-35-63-59-31-29-55-49-57(37-41-69(55,7)65(59)39-43-71(61,63)9)77-67(75)27-15-11-13-17-45-73(47-19-20-48-74)46-18-14-12-16-28-68(76)78-58-38-42-70(8)56(50-58)30-32-60-64-36-34-62(54(6)26-22-24-52(3)4)72(64,10)44-40-66(60)70/h29-31,51-54,57-58,60-66,74H,11-28,32-50H2,1-10H3. The third-order valence-corrected chi connectivity index (χ3v) is 24.7. The SMILES string of the molecule is CC(C)CCCC(C)C1CCC2C3=CC=C4CC(OC(=O)CCCCCCN(CCCCO)CCCCCCC(=O)OC5CCC6(C)C(=CCC7C6CCC6(C)C(C(C)CCCC(C)C)CCC76)C5)CCC4(C)C3CCC21C. The second-order valence-corrected chi connectivity index (χ2v) is 30.5. The van der Waals surface area contributed by atoms with Gasteiger partial charge in [0, 0.05) is 32.3 Å². The van der Waals surface area contributed by atoms with Crippen LogP contribution in [0.15, 0.2) is 34.9 Å². The van der Waals surface area contributed by atoms with E-state index in [1.54, 1.807) is 16.7 Å². The molecule has 0 saturated heterocycles. The lowest BCUT2D eigenvalue weighted by Gasteiger charge is -2.58. The molecule has 0 aromatic heterocycles. The number of unbranched alkanes of at least 4 members (excludes halogenated alkanes) is 7. The van der Waals surface area contributed by atoms with E-state index in [2.05, 4.69) is 92.4 Å². The van der Waals surface area contributed by atoms with Crippen LogP contribution in [0.3, 0.4) is 0 Å².